The van der Waals surface area contributed by atoms with Crippen LogP contribution in [0.4, 0.5) is 5.95 Å². The number of nitrogens with one attached hydrogen (secondary N) is 1. The zero-order valence-electron chi connectivity index (χ0n) is 12.6. The molecule has 2 rings (SSSR count). The van der Waals surface area contributed by atoms with Gasteiger partial charge < -0.3 is 15.5 Å². The monoisotopic (exact) mass is 301 g/mol. The number of aromatic nitrogens is 2. The molecule has 0 aliphatic rings. The Morgan fingerprint density at radius 3 is 2.45 bits per heavy atom. The third-order valence-corrected chi connectivity index (χ3v) is 3.51. The topological polar surface area (TPSA) is 95.3 Å². The van der Waals surface area contributed by atoms with E-state index in [4.69, 9.17) is 5.11 Å². The molecule has 1 aromatic carbocycles. The number of aliphatic hydroxyl groups excluding tert-OH is 1. The van der Waals surface area contributed by atoms with Crippen molar-refractivity contribution in [1.29, 1.82) is 0 Å². The van der Waals surface area contributed by atoms with Crippen LogP contribution in [0.3, 0.4) is 0 Å². The number of carboxylic acids is 1. The highest BCUT2D eigenvalue weighted by atomic mass is 16.4. The van der Waals surface area contributed by atoms with Crippen LogP contribution in [0, 0.1) is 13.8 Å². The average Bonchev–Trinajstić information content (AvgIpc) is 2.50. The summed E-state index contributed by atoms with van der Waals surface area (Å²) in [6.45, 7) is 4.03. The van der Waals surface area contributed by atoms with Crippen LogP contribution in [0.25, 0.3) is 0 Å². The van der Waals surface area contributed by atoms with E-state index in [1.165, 1.54) is 23.5 Å². The van der Waals surface area contributed by atoms with Crippen molar-refractivity contribution in [3.05, 3.63) is 52.8 Å². The zero-order valence-corrected chi connectivity index (χ0v) is 12.6. The van der Waals surface area contributed by atoms with E-state index in [2.05, 4.69) is 34.3 Å². The Hall–Kier alpha value is -2.47. The fraction of sp³-hybridized carbons (Fsp3) is 0.312. The number of nitrogens with zero attached hydrogens (tertiary/aromatic N) is 2. The first-order chi connectivity index (χ1) is 10.5. The van der Waals surface area contributed by atoms with E-state index in [0.717, 1.165) is 5.56 Å². The lowest BCUT2D eigenvalue weighted by atomic mass is 10.0. The first-order valence-corrected chi connectivity index (χ1v) is 6.98. The van der Waals surface area contributed by atoms with Gasteiger partial charge in [-0.3, -0.25) is 0 Å². The van der Waals surface area contributed by atoms with Gasteiger partial charge in [0.25, 0.3) is 0 Å². The van der Waals surface area contributed by atoms with Crippen molar-refractivity contribution in [1.82, 2.24) is 9.97 Å². The lowest BCUT2D eigenvalue weighted by Gasteiger charge is -2.17. The Labute approximate surface area is 128 Å². The quantitative estimate of drug-likeness (QED) is 0.753. The lowest BCUT2D eigenvalue weighted by Crippen LogP contribution is -2.27. The highest BCUT2D eigenvalue weighted by Crippen LogP contribution is 2.13. The molecule has 0 aliphatic heterocycles. The van der Waals surface area contributed by atoms with Crippen molar-refractivity contribution in [2.75, 3.05) is 11.9 Å². The minimum atomic E-state index is -1.07. The predicted molar refractivity (Wildman–Crippen MR) is 83.1 cm³/mol. The fourth-order valence-electron chi connectivity index (χ4n) is 2.07. The second-order valence-electron chi connectivity index (χ2n) is 5.25. The number of anilines is 1. The molecule has 0 spiro atoms. The number of aromatic carboxylic acids is 1. The number of aliphatic hydroxyl groups is 1. The minimum absolute atomic E-state index is 0.0280. The molecular weight excluding hydrogens is 282 g/mol. The second-order valence-corrected chi connectivity index (χ2v) is 5.25. The molecule has 1 unspecified atom stereocenters. The summed E-state index contributed by atoms with van der Waals surface area (Å²) in [5, 5.41) is 21.3. The van der Waals surface area contributed by atoms with Crippen molar-refractivity contribution in [3.8, 4) is 0 Å². The Balaban J connectivity index is 2.05. The Kier molecular flexibility index (Phi) is 5.06. The molecule has 0 radical (unpaired) electrons. The van der Waals surface area contributed by atoms with Gasteiger partial charge in [0.15, 0.2) is 0 Å². The molecule has 0 saturated heterocycles. The van der Waals surface area contributed by atoms with Crippen LogP contribution in [-0.4, -0.2) is 38.8 Å². The van der Waals surface area contributed by atoms with Crippen molar-refractivity contribution < 1.29 is 15.0 Å². The summed E-state index contributed by atoms with van der Waals surface area (Å²) in [5.74, 6) is -0.770. The summed E-state index contributed by atoms with van der Waals surface area (Å²) in [4.78, 5) is 18.6. The van der Waals surface area contributed by atoms with E-state index < -0.39 is 5.97 Å². The number of hydrogen-bond acceptors (Lipinski definition) is 5. The number of carboxylic acid groups (broad SMARTS) is 1. The van der Waals surface area contributed by atoms with Crippen LogP contribution in [0.15, 0.2) is 30.6 Å². The van der Waals surface area contributed by atoms with Crippen molar-refractivity contribution in [2.45, 2.75) is 26.3 Å². The minimum Gasteiger partial charge on any atom is -0.478 e. The molecule has 6 heteroatoms. The van der Waals surface area contributed by atoms with Gasteiger partial charge in [-0.15, -0.1) is 0 Å². The molecule has 3 N–H and O–H groups in total. The van der Waals surface area contributed by atoms with Gasteiger partial charge in [0.2, 0.25) is 5.95 Å². The van der Waals surface area contributed by atoms with E-state index in [1.54, 1.807) is 0 Å². The average molecular weight is 301 g/mol. The molecule has 0 saturated carbocycles. The molecule has 1 aromatic heterocycles. The summed E-state index contributed by atoms with van der Waals surface area (Å²) in [7, 11) is 0. The zero-order chi connectivity index (χ0) is 16.1. The maximum atomic E-state index is 10.8. The predicted octanol–water partition coefficient (Wildman–Crippen LogP) is 1.81. The fourth-order valence-corrected chi connectivity index (χ4v) is 2.07. The molecule has 1 heterocycles. The largest absolute Gasteiger partial charge is 0.478 e. The Morgan fingerprint density at radius 2 is 1.91 bits per heavy atom. The van der Waals surface area contributed by atoms with Gasteiger partial charge in [-0.2, -0.15) is 0 Å². The van der Waals surface area contributed by atoms with Crippen molar-refractivity contribution >= 4 is 11.9 Å². The SMILES string of the molecule is Cc1ccc(CC(CO)Nc2ncc(C(=O)O)cn2)cc1C. The molecule has 0 fully saturated rings. The van der Waals surface area contributed by atoms with Gasteiger partial charge in [0.05, 0.1) is 18.2 Å². The van der Waals surface area contributed by atoms with Gasteiger partial charge in [0.1, 0.15) is 0 Å². The Morgan fingerprint density at radius 1 is 1.23 bits per heavy atom. The number of hydrogen-bond donors (Lipinski definition) is 3. The molecule has 22 heavy (non-hydrogen) atoms. The normalized spacial score (nSPS) is 12.0. The van der Waals surface area contributed by atoms with Crippen LogP contribution >= 0.6 is 0 Å². The van der Waals surface area contributed by atoms with E-state index in [9.17, 15) is 9.90 Å². The molecule has 0 amide bonds. The Bertz CT molecular complexity index is 656. The third-order valence-electron chi connectivity index (χ3n) is 3.51. The van der Waals surface area contributed by atoms with Gasteiger partial charge in [-0.1, -0.05) is 18.2 Å². The molecule has 2 aromatic rings. The maximum Gasteiger partial charge on any atom is 0.338 e. The van der Waals surface area contributed by atoms with Gasteiger partial charge >= 0.3 is 5.97 Å². The summed E-state index contributed by atoms with van der Waals surface area (Å²) in [6.07, 6.45) is 3.10. The van der Waals surface area contributed by atoms with Crippen molar-refractivity contribution in [2.24, 2.45) is 0 Å². The summed E-state index contributed by atoms with van der Waals surface area (Å²) in [5.41, 5.74) is 3.57. The number of benzene rings is 1. The van der Waals surface area contributed by atoms with E-state index >= 15 is 0 Å². The maximum absolute atomic E-state index is 10.8. The first-order valence-electron chi connectivity index (χ1n) is 6.98. The summed E-state index contributed by atoms with van der Waals surface area (Å²) in [6, 6.07) is 5.93. The summed E-state index contributed by atoms with van der Waals surface area (Å²) >= 11 is 0. The first kappa shape index (κ1) is 15.9. The number of carbonyl (C=O) groups is 1. The van der Waals surface area contributed by atoms with Crippen LogP contribution in [0.5, 0.6) is 0 Å². The van der Waals surface area contributed by atoms with Crippen LogP contribution in [0.1, 0.15) is 27.0 Å². The van der Waals surface area contributed by atoms with E-state index in [0.29, 0.717) is 12.4 Å². The third kappa shape index (κ3) is 4.02. The van der Waals surface area contributed by atoms with Gasteiger partial charge in [0, 0.05) is 12.4 Å². The number of rotatable bonds is 6. The molecule has 0 aliphatic carbocycles. The highest BCUT2D eigenvalue weighted by molar-refractivity contribution is 5.86. The molecule has 1 atom stereocenters. The second kappa shape index (κ2) is 7.00. The van der Waals surface area contributed by atoms with E-state index in [-0.39, 0.29) is 18.2 Å². The highest BCUT2D eigenvalue weighted by Gasteiger charge is 2.11. The lowest BCUT2D eigenvalue weighted by molar-refractivity contribution is 0.0696. The molecule has 6 nitrogen and oxygen atoms in total. The van der Waals surface area contributed by atoms with E-state index in [1.807, 2.05) is 13.0 Å². The molecular formula is C16H19N3O3. The van der Waals surface area contributed by atoms with Crippen LogP contribution in [0.2, 0.25) is 0 Å². The standard InChI is InChI=1S/C16H19N3O3/c1-10-3-4-12(5-11(10)2)6-14(9-20)19-16-17-7-13(8-18-16)15(21)22/h3-5,7-8,14,20H,6,9H2,1-2H3,(H,21,22)(H,17,18,19). The van der Waals surface area contributed by atoms with Crippen molar-refractivity contribution in [3.63, 3.8) is 0 Å². The molecule has 0 bridgehead atoms. The molecule has 116 valence electrons. The van der Waals surface area contributed by atoms with Gasteiger partial charge in [-0.05, 0) is 37.0 Å². The van der Waals surface area contributed by atoms with Crippen LogP contribution in [-0.2, 0) is 6.42 Å². The van der Waals surface area contributed by atoms with Gasteiger partial charge in [-0.25, -0.2) is 14.8 Å². The smallest absolute Gasteiger partial charge is 0.338 e. The number of aryl methyl sites for hydroxylation is 2. The summed E-state index contributed by atoms with van der Waals surface area (Å²) < 4.78 is 0. The van der Waals surface area contributed by atoms with Crippen LogP contribution < -0.4 is 5.32 Å².